The summed E-state index contributed by atoms with van der Waals surface area (Å²) in [5.41, 5.74) is 0.124. The van der Waals surface area contributed by atoms with Crippen molar-refractivity contribution in [3.8, 4) is 0 Å². The number of rotatable bonds is 4. The Hall–Kier alpha value is -1.96. The van der Waals surface area contributed by atoms with Crippen molar-refractivity contribution >= 4 is 17.5 Å². The Labute approximate surface area is 105 Å². The topological polar surface area (TPSA) is 90.1 Å². The standard InChI is InChI=1S/C10H17N5O3/c1-5-15(4,6-2)10(16)11-8-7-13(3)12-9(8)14(17)18/h7H,5-6H2,1-4H3/p+1. The molecule has 1 N–H and O–H groups in total. The maximum absolute atomic E-state index is 12.1. The van der Waals surface area contributed by atoms with Crippen LogP contribution >= 0.6 is 0 Å². The third-order valence-corrected chi connectivity index (χ3v) is 3.11. The van der Waals surface area contributed by atoms with E-state index in [0.717, 1.165) is 0 Å². The fourth-order valence-electron chi connectivity index (χ4n) is 1.46. The van der Waals surface area contributed by atoms with E-state index in [0.29, 0.717) is 13.1 Å². The molecule has 18 heavy (non-hydrogen) atoms. The molecule has 0 fully saturated rings. The van der Waals surface area contributed by atoms with Gasteiger partial charge in [0.25, 0.3) is 0 Å². The number of quaternary nitrogens is 1. The van der Waals surface area contributed by atoms with Crippen LogP contribution in [0.1, 0.15) is 13.8 Å². The highest BCUT2D eigenvalue weighted by Gasteiger charge is 2.31. The summed E-state index contributed by atoms with van der Waals surface area (Å²) >= 11 is 0. The van der Waals surface area contributed by atoms with Gasteiger partial charge in [-0.3, -0.25) is 5.32 Å². The molecule has 0 aliphatic carbocycles. The van der Waals surface area contributed by atoms with Crippen molar-refractivity contribution in [2.45, 2.75) is 13.8 Å². The van der Waals surface area contributed by atoms with Crippen molar-refractivity contribution in [1.29, 1.82) is 0 Å². The largest absolute Gasteiger partial charge is 0.421 e. The molecule has 1 aromatic rings. The minimum Gasteiger partial charge on any atom is -0.358 e. The molecule has 0 atom stereocenters. The molecule has 0 unspecified atom stereocenters. The van der Waals surface area contributed by atoms with Crippen LogP contribution in [0.5, 0.6) is 0 Å². The van der Waals surface area contributed by atoms with Crippen molar-refractivity contribution in [3.05, 3.63) is 16.3 Å². The van der Waals surface area contributed by atoms with Crippen LogP contribution in [-0.4, -0.2) is 45.4 Å². The van der Waals surface area contributed by atoms with E-state index in [1.54, 1.807) is 14.1 Å². The Balaban J connectivity index is 2.98. The number of aromatic nitrogens is 2. The lowest BCUT2D eigenvalue weighted by Crippen LogP contribution is -2.51. The second kappa shape index (κ2) is 5.13. The highest BCUT2D eigenvalue weighted by molar-refractivity contribution is 5.86. The van der Waals surface area contributed by atoms with Crippen LogP contribution in [0.4, 0.5) is 16.3 Å². The van der Waals surface area contributed by atoms with Gasteiger partial charge in [-0.15, -0.1) is 0 Å². The number of nitro groups is 1. The average Bonchev–Trinajstić information content (AvgIpc) is 2.69. The fraction of sp³-hybridized carbons (Fsp3) is 0.600. The summed E-state index contributed by atoms with van der Waals surface area (Å²) in [5, 5.41) is 17.0. The Kier molecular flexibility index (Phi) is 4.02. The van der Waals surface area contributed by atoms with Gasteiger partial charge in [0.2, 0.25) is 0 Å². The number of nitrogens with zero attached hydrogens (tertiary/aromatic N) is 4. The SMILES string of the molecule is CC[N+](C)(CC)C(=O)Nc1cn(C)nc1[N+](=O)[O-]. The Bertz CT molecular complexity index is 464. The lowest BCUT2D eigenvalue weighted by molar-refractivity contribution is -0.823. The number of urea groups is 1. The molecule has 0 aromatic carbocycles. The number of anilines is 1. The Morgan fingerprint density at radius 2 is 2.11 bits per heavy atom. The predicted octanol–water partition coefficient (Wildman–Crippen LogP) is 1.35. The first kappa shape index (κ1) is 14.1. The van der Waals surface area contributed by atoms with Crippen molar-refractivity contribution in [2.24, 2.45) is 7.05 Å². The number of carbonyl (C=O) groups is 1. The van der Waals surface area contributed by atoms with Gasteiger partial charge in [-0.25, -0.2) is 9.28 Å². The first-order valence-electron chi connectivity index (χ1n) is 5.68. The first-order valence-corrected chi connectivity index (χ1v) is 5.68. The summed E-state index contributed by atoms with van der Waals surface area (Å²) in [6, 6.07) is -0.281. The maximum Gasteiger partial charge on any atom is 0.421 e. The minimum absolute atomic E-state index is 0.124. The van der Waals surface area contributed by atoms with E-state index in [9.17, 15) is 14.9 Å². The van der Waals surface area contributed by atoms with E-state index in [2.05, 4.69) is 10.4 Å². The Morgan fingerprint density at radius 3 is 2.56 bits per heavy atom. The molecule has 0 saturated carbocycles. The molecule has 0 spiro atoms. The van der Waals surface area contributed by atoms with Crippen LogP contribution in [0, 0.1) is 10.1 Å². The molecule has 1 heterocycles. The molecular weight excluding hydrogens is 238 g/mol. The van der Waals surface area contributed by atoms with Crippen molar-refractivity contribution in [2.75, 3.05) is 25.5 Å². The molecule has 0 saturated heterocycles. The van der Waals surface area contributed by atoms with Gasteiger partial charge in [0.1, 0.15) is 0 Å². The van der Waals surface area contributed by atoms with E-state index in [1.807, 2.05) is 13.8 Å². The minimum atomic E-state index is -0.613. The van der Waals surface area contributed by atoms with E-state index < -0.39 is 4.92 Å². The molecule has 100 valence electrons. The van der Waals surface area contributed by atoms with Crippen molar-refractivity contribution in [3.63, 3.8) is 0 Å². The molecule has 1 rings (SSSR count). The molecule has 2 amide bonds. The van der Waals surface area contributed by atoms with Gasteiger partial charge in [0.05, 0.1) is 38.5 Å². The average molecular weight is 256 g/mol. The smallest absolute Gasteiger partial charge is 0.358 e. The third kappa shape index (κ3) is 2.65. The van der Waals surface area contributed by atoms with E-state index in [1.165, 1.54) is 10.9 Å². The summed E-state index contributed by atoms with van der Waals surface area (Å²) in [6.07, 6.45) is 1.42. The number of carbonyl (C=O) groups excluding carboxylic acids is 1. The van der Waals surface area contributed by atoms with Crippen LogP contribution in [0.15, 0.2) is 6.20 Å². The van der Waals surface area contributed by atoms with Gasteiger partial charge >= 0.3 is 11.8 Å². The number of hydrogen-bond donors (Lipinski definition) is 1. The van der Waals surface area contributed by atoms with Crippen LogP contribution in [0.3, 0.4) is 0 Å². The quantitative estimate of drug-likeness (QED) is 0.500. The normalized spacial score (nSPS) is 11.3. The number of hydrogen-bond acceptors (Lipinski definition) is 4. The second-order valence-corrected chi connectivity index (χ2v) is 4.26. The molecule has 0 aliphatic rings. The van der Waals surface area contributed by atoms with Gasteiger partial charge in [-0.1, -0.05) is 0 Å². The second-order valence-electron chi connectivity index (χ2n) is 4.26. The number of amides is 2. The summed E-state index contributed by atoms with van der Waals surface area (Å²) in [6.45, 7) is 4.99. The van der Waals surface area contributed by atoms with Gasteiger partial charge in [0.15, 0.2) is 5.69 Å². The predicted molar refractivity (Wildman–Crippen MR) is 66.1 cm³/mol. The summed E-state index contributed by atoms with van der Waals surface area (Å²) in [7, 11) is 3.34. The Morgan fingerprint density at radius 1 is 1.56 bits per heavy atom. The van der Waals surface area contributed by atoms with E-state index in [-0.39, 0.29) is 22.0 Å². The van der Waals surface area contributed by atoms with Crippen molar-refractivity contribution < 1.29 is 14.2 Å². The zero-order valence-corrected chi connectivity index (χ0v) is 11.0. The van der Waals surface area contributed by atoms with Gasteiger partial charge in [-0.05, 0) is 18.8 Å². The summed E-state index contributed by atoms with van der Waals surface area (Å²) in [5.74, 6) is -0.343. The van der Waals surface area contributed by atoms with Gasteiger partial charge in [-0.2, -0.15) is 4.68 Å². The van der Waals surface area contributed by atoms with Crippen LogP contribution in [0.25, 0.3) is 0 Å². The van der Waals surface area contributed by atoms with Crippen LogP contribution in [-0.2, 0) is 7.05 Å². The van der Waals surface area contributed by atoms with Crippen LogP contribution in [0.2, 0.25) is 0 Å². The zero-order chi connectivity index (χ0) is 13.9. The molecule has 1 aromatic heterocycles. The lowest BCUT2D eigenvalue weighted by atomic mass is 10.4. The molecule has 0 bridgehead atoms. The van der Waals surface area contributed by atoms with Crippen LogP contribution < -0.4 is 5.32 Å². The summed E-state index contributed by atoms with van der Waals surface area (Å²) < 4.78 is 1.46. The molecule has 0 radical (unpaired) electrons. The number of nitrogens with one attached hydrogen (secondary N) is 1. The fourth-order valence-corrected chi connectivity index (χ4v) is 1.46. The molecule has 8 heteroatoms. The zero-order valence-electron chi connectivity index (χ0n) is 11.0. The molecule has 0 aliphatic heterocycles. The van der Waals surface area contributed by atoms with E-state index in [4.69, 9.17) is 0 Å². The maximum atomic E-state index is 12.1. The third-order valence-electron chi connectivity index (χ3n) is 3.11. The number of aryl methyl sites for hydroxylation is 1. The van der Waals surface area contributed by atoms with Gasteiger partial charge < -0.3 is 10.1 Å². The van der Waals surface area contributed by atoms with E-state index >= 15 is 0 Å². The van der Waals surface area contributed by atoms with Gasteiger partial charge in [0, 0.05) is 0 Å². The summed E-state index contributed by atoms with van der Waals surface area (Å²) in [4.78, 5) is 22.2. The highest BCUT2D eigenvalue weighted by Crippen LogP contribution is 2.22. The first-order chi connectivity index (χ1) is 8.34. The molecular formula is C10H18N5O3+. The highest BCUT2D eigenvalue weighted by atomic mass is 16.6. The van der Waals surface area contributed by atoms with Crippen molar-refractivity contribution in [1.82, 2.24) is 9.78 Å². The monoisotopic (exact) mass is 256 g/mol. The lowest BCUT2D eigenvalue weighted by Gasteiger charge is -2.28. The molecule has 8 nitrogen and oxygen atoms in total.